The van der Waals surface area contributed by atoms with Crippen LogP contribution in [0.5, 0.6) is 0 Å². The highest BCUT2D eigenvalue weighted by atomic mass is 35.5. The molecule has 6 aromatic rings. The highest BCUT2D eigenvalue weighted by molar-refractivity contribution is 5.95. The number of nitrogens with two attached hydrogens (primary N) is 1. The Bertz CT molecular complexity index is 1920. The van der Waals surface area contributed by atoms with E-state index in [0.29, 0.717) is 18.7 Å². The summed E-state index contributed by atoms with van der Waals surface area (Å²) in [5.41, 5.74) is 14.7. The molecule has 0 unspecified atom stereocenters. The highest BCUT2D eigenvalue weighted by Gasteiger charge is 2.34. The monoisotopic (exact) mass is 684 g/mol. The van der Waals surface area contributed by atoms with Crippen molar-refractivity contribution in [2.75, 3.05) is 0 Å². The third-order valence-electron chi connectivity index (χ3n) is 8.57. The Balaban J connectivity index is 0.00000167. The lowest BCUT2D eigenvalue weighted by Crippen LogP contribution is -2.43. The Labute approximate surface area is 292 Å². The molecular weight excluding hydrogens is 651 g/mol. The number of benzene rings is 2. The molecule has 240 valence electrons. The molecule has 1 fully saturated rings. The molecule has 0 radical (unpaired) electrons. The van der Waals surface area contributed by atoms with Crippen LogP contribution in [0.15, 0.2) is 122 Å². The van der Waals surface area contributed by atoms with Gasteiger partial charge in [0.05, 0.1) is 23.4 Å². The third kappa shape index (κ3) is 7.45. The van der Waals surface area contributed by atoms with Crippen LogP contribution in [0.25, 0.3) is 33.3 Å². The smallest absolute Gasteiger partial charge is 0.254 e. The maximum atomic E-state index is 13.8. The molecular formula is C37H35Cl3N6O. The first-order chi connectivity index (χ1) is 21.6. The fraction of sp³-hybridized carbons (Fsp3) is 0.162. The summed E-state index contributed by atoms with van der Waals surface area (Å²) in [4.78, 5) is 33.8. The molecule has 4 aromatic heterocycles. The summed E-state index contributed by atoms with van der Waals surface area (Å²) >= 11 is 0. The van der Waals surface area contributed by atoms with Crippen molar-refractivity contribution < 1.29 is 4.79 Å². The normalized spacial score (nSPS) is 12.9. The number of amides is 1. The molecule has 4 heterocycles. The molecule has 0 bridgehead atoms. The number of rotatable bonds is 8. The first-order valence-corrected chi connectivity index (χ1v) is 14.9. The number of fused-ring (bicyclic) bond motifs is 1. The predicted molar refractivity (Wildman–Crippen MR) is 194 cm³/mol. The summed E-state index contributed by atoms with van der Waals surface area (Å²) in [6.07, 6.45) is 11.7. The van der Waals surface area contributed by atoms with E-state index in [1.54, 1.807) is 43.1 Å². The van der Waals surface area contributed by atoms with Crippen molar-refractivity contribution in [3.8, 4) is 22.4 Å². The van der Waals surface area contributed by atoms with E-state index in [0.717, 1.165) is 57.4 Å². The molecule has 0 spiro atoms. The van der Waals surface area contributed by atoms with Crippen LogP contribution in [-0.2, 0) is 18.6 Å². The predicted octanol–water partition coefficient (Wildman–Crippen LogP) is 8.20. The van der Waals surface area contributed by atoms with E-state index in [1.807, 2.05) is 41.3 Å². The van der Waals surface area contributed by atoms with Gasteiger partial charge in [-0.25, -0.2) is 4.98 Å². The van der Waals surface area contributed by atoms with Crippen LogP contribution in [0.2, 0.25) is 0 Å². The second-order valence-corrected chi connectivity index (χ2v) is 11.4. The minimum Gasteiger partial charge on any atom is -0.328 e. The second kappa shape index (κ2) is 15.5. The van der Waals surface area contributed by atoms with Crippen LogP contribution < -0.4 is 5.73 Å². The van der Waals surface area contributed by atoms with Gasteiger partial charge in [0.15, 0.2) is 0 Å². The van der Waals surface area contributed by atoms with E-state index in [1.165, 1.54) is 12.0 Å². The van der Waals surface area contributed by atoms with E-state index in [4.69, 9.17) is 15.7 Å². The van der Waals surface area contributed by atoms with Gasteiger partial charge < -0.3 is 10.6 Å². The minimum absolute atomic E-state index is 0. The molecule has 10 heteroatoms. The SMILES string of the molecule is Cl.Cl.Cl.NC1(c2ccc(-c3nc4ccnc(CN(Cc5ccncc5)C(=O)c5ccncc5)c4cc3-c3ccccc3)cc2)CCC1. The molecule has 7 rings (SSSR count). The number of hydrogen-bond acceptors (Lipinski definition) is 6. The van der Waals surface area contributed by atoms with Gasteiger partial charge in [0.1, 0.15) is 0 Å². The van der Waals surface area contributed by atoms with E-state index in [-0.39, 0.29) is 48.7 Å². The van der Waals surface area contributed by atoms with Gasteiger partial charge in [-0.15, -0.1) is 37.2 Å². The zero-order chi connectivity index (χ0) is 29.9. The summed E-state index contributed by atoms with van der Waals surface area (Å²) in [6.45, 7) is 0.719. The van der Waals surface area contributed by atoms with Crippen LogP contribution in [0.1, 0.15) is 46.4 Å². The Morgan fingerprint density at radius 1 is 0.745 bits per heavy atom. The Kier molecular flexibility index (Phi) is 11.7. The Morgan fingerprint density at radius 2 is 1.40 bits per heavy atom. The average Bonchev–Trinajstić information content (AvgIpc) is 3.07. The number of aromatic nitrogens is 4. The summed E-state index contributed by atoms with van der Waals surface area (Å²) < 4.78 is 0. The van der Waals surface area contributed by atoms with E-state index in [9.17, 15) is 4.79 Å². The van der Waals surface area contributed by atoms with Gasteiger partial charge in [0.25, 0.3) is 5.91 Å². The standard InChI is InChI=1S/C37H32N6O.3ClH/c38-37(16-4-17-37)30-9-7-28(8-10-30)35-31(27-5-2-1-3-6-27)23-32-33(42-35)15-22-41-34(32)25-43(24-26-11-18-39-19-12-26)36(44)29-13-20-40-21-14-29;;;/h1-3,5-15,18-23H,4,16-17,24-25,38H2;3*1H. The topological polar surface area (TPSA) is 97.9 Å². The molecule has 0 atom stereocenters. The number of carbonyl (C=O) groups is 1. The molecule has 0 aliphatic heterocycles. The first-order valence-electron chi connectivity index (χ1n) is 14.9. The number of halogens is 3. The van der Waals surface area contributed by atoms with Crippen LogP contribution in [0, 0.1) is 0 Å². The van der Waals surface area contributed by atoms with Crippen LogP contribution in [-0.4, -0.2) is 30.7 Å². The van der Waals surface area contributed by atoms with Crippen molar-refractivity contribution >= 4 is 54.0 Å². The van der Waals surface area contributed by atoms with Crippen LogP contribution in [0.3, 0.4) is 0 Å². The summed E-state index contributed by atoms with van der Waals surface area (Å²) in [5, 5.41) is 0.907. The van der Waals surface area contributed by atoms with Gasteiger partial charge in [-0.05, 0) is 72.4 Å². The third-order valence-corrected chi connectivity index (χ3v) is 8.57. The van der Waals surface area contributed by atoms with Crippen molar-refractivity contribution in [2.45, 2.75) is 37.9 Å². The zero-order valence-electron chi connectivity index (χ0n) is 25.5. The quantitative estimate of drug-likeness (QED) is 0.174. The number of pyridine rings is 4. The van der Waals surface area contributed by atoms with E-state index >= 15 is 0 Å². The van der Waals surface area contributed by atoms with Crippen molar-refractivity contribution in [3.05, 3.63) is 144 Å². The largest absolute Gasteiger partial charge is 0.328 e. The molecule has 2 N–H and O–H groups in total. The lowest BCUT2D eigenvalue weighted by atomic mass is 9.72. The number of nitrogens with zero attached hydrogens (tertiary/aromatic N) is 5. The van der Waals surface area contributed by atoms with Gasteiger partial charge in [0.2, 0.25) is 0 Å². The first kappa shape index (κ1) is 35.5. The maximum absolute atomic E-state index is 13.8. The molecule has 0 saturated heterocycles. The van der Waals surface area contributed by atoms with Gasteiger partial charge in [-0.3, -0.25) is 19.7 Å². The Morgan fingerprint density at radius 3 is 2.04 bits per heavy atom. The summed E-state index contributed by atoms with van der Waals surface area (Å²) in [5.74, 6) is -0.0971. The van der Waals surface area contributed by atoms with E-state index in [2.05, 4.69) is 52.4 Å². The molecule has 7 nitrogen and oxygen atoms in total. The van der Waals surface area contributed by atoms with E-state index < -0.39 is 0 Å². The molecule has 1 amide bonds. The fourth-order valence-corrected chi connectivity index (χ4v) is 5.91. The minimum atomic E-state index is -0.214. The maximum Gasteiger partial charge on any atom is 0.254 e. The lowest BCUT2D eigenvalue weighted by Gasteiger charge is -2.38. The molecule has 2 aromatic carbocycles. The Hall–Kier alpha value is -4.40. The number of hydrogen-bond donors (Lipinski definition) is 1. The van der Waals surface area contributed by atoms with Gasteiger partial charge in [0, 0.05) is 65.1 Å². The van der Waals surface area contributed by atoms with Gasteiger partial charge >= 0.3 is 0 Å². The molecule has 1 aliphatic rings. The van der Waals surface area contributed by atoms with Crippen molar-refractivity contribution in [2.24, 2.45) is 5.73 Å². The second-order valence-electron chi connectivity index (χ2n) is 11.4. The van der Waals surface area contributed by atoms with Crippen LogP contribution in [0.4, 0.5) is 0 Å². The molecule has 1 aliphatic carbocycles. The van der Waals surface area contributed by atoms with Gasteiger partial charge in [-0.2, -0.15) is 0 Å². The fourth-order valence-electron chi connectivity index (χ4n) is 5.91. The lowest BCUT2D eigenvalue weighted by molar-refractivity contribution is 0.0728. The van der Waals surface area contributed by atoms with Crippen molar-refractivity contribution in [3.63, 3.8) is 0 Å². The zero-order valence-corrected chi connectivity index (χ0v) is 28.0. The van der Waals surface area contributed by atoms with Crippen LogP contribution >= 0.6 is 37.2 Å². The summed E-state index contributed by atoms with van der Waals surface area (Å²) in [7, 11) is 0. The molecule has 47 heavy (non-hydrogen) atoms. The van der Waals surface area contributed by atoms with Gasteiger partial charge in [-0.1, -0.05) is 54.6 Å². The summed E-state index contributed by atoms with van der Waals surface area (Å²) in [6, 6.07) is 30.3. The highest BCUT2D eigenvalue weighted by Crippen LogP contribution is 2.40. The van der Waals surface area contributed by atoms with Crippen molar-refractivity contribution in [1.82, 2.24) is 24.8 Å². The molecule has 1 saturated carbocycles. The average molecular weight is 686 g/mol. The number of carbonyl (C=O) groups excluding carboxylic acids is 1. The van der Waals surface area contributed by atoms with Crippen molar-refractivity contribution in [1.29, 1.82) is 0 Å².